The molecule has 0 fully saturated rings. The Hall–Kier alpha value is -0.380. The molecule has 0 spiro atoms. The predicted molar refractivity (Wildman–Crippen MR) is 44.7 cm³/mol. The first-order chi connectivity index (χ1) is 4.70. The fourth-order valence-electron chi connectivity index (χ4n) is 0.618. The van der Waals surface area contributed by atoms with Crippen molar-refractivity contribution in [2.75, 3.05) is 0 Å². The van der Waals surface area contributed by atoms with E-state index in [1.165, 1.54) is 12.1 Å². The summed E-state index contributed by atoms with van der Waals surface area (Å²) in [5.74, 6) is 0. The van der Waals surface area contributed by atoms with Crippen LogP contribution in [-0.2, 0) is 0 Å². The molecule has 0 heterocycles. The summed E-state index contributed by atoms with van der Waals surface area (Å²) >= 11 is 0. The second-order valence-electron chi connectivity index (χ2n) is 1.92. The Balaban J connectivity index is 0.000001000. The minimum absolute atomic E-state index is 0. The molecule has 0 atom stereocenters. The van der Waals surface area contributed by atoms with E-state index in [0.29, 0.717) is 0 Å². The Labute approximate surface area is 86.9 Å². The first-order valence-corrected chi connectivity index (χ1v) is 2.76. The number of hydrogen-bond acceptors (Lipinski definition) is 2. The molecular weight excluding hydrogens is 153 g/mol. The van der Waals surface area contributed by atoms with E-state index < -0.39 is 4.92 Å². The number of nitro groups is 1. The first kappa shape index (κ1) is 10.6. The topological polar surface area (TPSA) is 43.1 Å². The molecule has 4 heteroatoms. The van der Waals surface area contributed by atoms with Gasteiger partial charge in [-0.1, -0.05) is 12.1 Å². The SMILES string of the molecule is [CH2]c1ccc([N+](=O)[O-])cc1.[NaH]. The Bertz CT molecular complexity index is 245. The zero-order valence-corrected chi connectivity index (χ0v) is 5.28. The Morgan fingerprint density at radius 2 is 1.73 bits per heavy atom. The third kappa shape index (κ3) is 3.01. The molecule has 1 radical (unpaired) electrons. The molecule has 3 nitrogen and oxygen atoms in total. The van der Waals surface area contributed by atoms with Gasteiger partial charge < -0.3 is 0 Å². The molecule has 0 saturated carbocycles. The molecule has 1 aromatic carbocycles. The van der Waals surface area contributed by atoms with Gasteiger partial charge in [0.15, 0.2) is 0 Å². The van der Waals surface area contributed by atoms with E-state index in [9.17, 15) is 10.1 Å². The van der Waals surface area contributed by atoms with Crippen molar-refractivity contribution in [3.8, 4) is 0 Å². The normalized spacial score (nSPS) is 8.45. The van der Waals surface area contributed by atoms with E-state index in [0.717, 1.165) is 5.56 Å². The monoisotopic (exact) mass is 160 g/mol. The summed E-state index contributed by atoms with van der Waals surface area (Å²) in [7, 11) is 0. The van der Waals surface area contributed by atoms with Crippen LogP contribution in [0.2, 0.25) is 0 Å². The van der Waals surface area contributed by atoms with Crippen LogP contribution in [0.1, 0.15) is 5.56 Å². The molecule has 0 bridgehead atoms. The van der Waals surface area contributed by atoms with E-state index in [1.807, 2.05) is 0 Å². The zero-order chi connectivity index (χ0) is 7.56. The van der Waals surface area contributed by atoms with Gasteiger partial charge in [0.25, 0.3) is 5.69 Å². The molecule has 0 unspecified atom stereocenters. The summed E-state index contributed by atoms with van der Waals surface area (Å²) in [5, 5.41) is 10.1. The molecule has 0 aromatic heterocycles. The second kappa shape index (κ2) is 4.49. The molecule has 1 aromatic rings. The summed E-state index contributed by atoms with van der Waals surface area (Å²) in [4.78, 5) is 9.67. The Kier molecular flexibility index (Phi) is 4.33. The van der Waals surface area contributed by atoms with Crippen LogP contribution >= 0.6 is 0 Å². The van der Waals surface area contributed by atoms with Crippen LogP contribution in [0.15, 0.2) is 24.3 Å². The number of rotatable bonds is 1. The quantitative estimate of drug-likeness (QED) is 0.351. The van der Waals surface area contributed by atoms with Crippen molar-refractivity contribution in [3.05, 3.63) is 46.9 Å². The molecule has 0 amide bonds. The van der Waals surface area contributed by atoms with Gasteiger partial charge in [0.1, 0.15) is 0 Å². The molecule has 0 aliphatic rings. The molecule has 11 heavy (non-hydrogen) atoms. The van der Waals surface area contributed by atoms with Crippen LogP contribution in [0.25, 0.3) is 0 Å². The number of benzene rings is 1. The third-order valence-electron chi connectivity index (χ3n) is 1.15. The van der Waals surface area contributed by atoms with Crippen molar-refractivity contribution in [1.82, 2.24) is 0 Å². The van der Waals surface area contributed by atoms with Gasteiger partial charge in [-0.3, -0.25) is 10.1 Å². The molecule has 0 aliphatic carbocycles. The van der Waals surface area contributed by atoms with Gasteiger partial charge in [-0.2, -0.15) is 0 Å². The van der Waals surface area contributed by atoms with Gasteiger partial charge in [-0.05, 0) is 12.5 Å². The van der Waals surface area contributed by atoms with Gasteiger partial charge in [-0.15, -0.1) is 0 Å². The van der Waals surface area contributed by atoms with E-state index in [4.69, 9.17) is 0 Å². The Morgan fingerprint density at radius 1 is 1.27 bits per heavy atom. The molecule has 0 saturated heterocycles. The maximum atomic E-state index is 10.1. The third-order valence-corrected chi connectivity index (χ3v) is 1.15. The summed E-state index contributed by atoms with van der Waals surface area (Å²) in [6.45, 7) is 3.60. The minimum atomic E-state index is -0.431. The molecule has 53 valence electrons. The number of non-ortho nitro benzene ring substituents is 1. The second-order valence-corrected chi connectivity index (χ2v) is 1.92. The zero-order valence-electron chi connectivity index (χ0n) is 5.28. The van der Waals surface area contributed by atoms with E-state index in [1.54, 1.807) is 12.1 Å². The number of hydrogen-bond donors (Lipinski definition) is 0. The van der Waals surface area contributed by atoms with Crippen LogP contribution < -0.4 is 0 Å². The standard InChI is InChI=1S/C7H6NO2.Na.H/c1-6-2-4-7(5-3-6)8(9)10;;/h2-5H,1H2;;. The van der Waals surface area contributed by atoms with Crippen molar-refractivity contribution in [1.29, 1.82) is 0 Å². The van der Waals surface area contributed by atoms with Crippen LogP contribution in [0.4, 0.5) is 5.69 Å². The predicted octanol–water partition coefficient (Wildman–Crippen LogP) is 1.13. The van der Waals surface area contributed by atoms with Crippen molar-refractivity contribution in [2.45, 2.75) is 0 Å². The molecule has 0 N–H and O–H groups in total. The molecule has 0 aliphatic heterocycles. The fraction of sp³-hybridized carbons (Fsp3) is 0. The van der Waals surface area contributed by atoms with Gasteiger partial charge in [0.2, 0.25) is 0 Å². The first-order valence-electron chi connectivity index (χ1n) is 2.76. The summed E-state index contributed by atoms with van der Waals surface area (Å²) in [5.41, 5.74) is 0.887. The van der Waals surface area contributed by atoms with E-state index in [2.05, 4.69) is 6.92 Å². The summed E-state index contributed by atoms with van der Waals surface area (Å²) in [6, 6.07) is 6.08. The van der Waals surface area contributed by atoms with Crippen molar-refractivity contribution in [2.24, 2.45) is 0 Å². The number of nitrogens with zero attached hydrogens (tertiary/aromatic N) is 1. The molecular formula is C7H7NNaO2. The van der Waals surface area contributed by atoms with Crippen molar-refractivity contribution < 1.29 is 4.92 Å². The van der Waals surface area contributed by atoms with Crippen LogP contribution in [0, 0.1) is 17.0 Å². The average Bonchev–Trinajstić information content (AvgIpc) is 1.88. The summed E-state index contributed by atoms with van der Waals surface area (Å²) in [6.07, 6.45) is 0. The van der Waals surface area contributed by atoms with Gasteiger partial charge in [-0.25, -0.2) is 0 Å². The maximum absolute atomic E-state index is 10.1. The van der Waals surface area contributed by atoms with Gasteiger partial charge in [0.05, 0.1) is 4.92 Å². The van der Waals surface area contributed by atoms with Crippen LogP contribution in [0.5, 0.6) is 0 Å². The van der Waals surface area contributed by atoms with Gasteiger partial charge >= 0.3 is 29.6 Å². The van der Waals surface area contributed by atoms with Crippen molar-refractivity contribution >= 4 is 35.2 Å². The fourth-order valence-corrected chi connectivity index (χ4v) is 0.618. The molecule has 1 rings (SSSR count). The number of nitro benzene ring substituents is 1. The van der Waals surface area contributed by atoms with Gasteiger partial charge in [0, 0.05) is 12.1 Å². The van der Waals surface area contributed by atoms with Crippen LogP contribution in [-0.4, -0.2) is 34.5 Å². The Morgan fingerprint density at radius 3 is 2.09 bits per heavy atom. The summed E-state index contributed by atoms with van der Waals surface area (Å²) < 4.78 is 0. The van der Waals surface area contributed by atoms with Crippen molar-refractivity contribution in [3.63, 3.8) is 0 Å². The average molecular weight is 160 g/mol. The van der Waals surface area contributed by atoms with E-state index in [-0.39, 0.29) is 35.2 Å². The van der Waals surface area contributed by atoms with Crippen LogP contribution in [0.3, 0.4) is 0 Å². The van der Waals surface area contributed by atoms with E-state index >= 15 is 0 Å².